The Morgan fingerprint density at radius 3 is 1.86 bits per heavy atom. The summed E-state index contributed by atoms with van der Waals surface area (Å²) in [6.45, 7) is -0.690. The number of morpholine rings is 1. The molecule has 1 fully saturated rings. The average molecular weight is 345 g/mol. The Morgan fingerprint density at radius 1 is 1.00 bits per heavy atom. The Morgan fingerprint density at radius 2 is 1.50 bits per heavy atom. The molecule has 2 unspecified atom stereocenters. The van der Waals surface area contributed by atoms with Gasteiger partial charge in [0.25, 0.3) is 0 Å². The normalized spacial score (nSPS) is 26.0. The molecule has 1 aliphatic rings. The van der Waals surface area contributed by atoms with Crippen molar-refractivity contribution in [1.29, 1.82) is 0 Å². The number of halogens is 9. The lowest BCUT2D eigenvalue weighted by Gasteiger charge is -2.41. The summed E-state index contributed by atoms with van der Waals surface area (Å²) < 4.78 is 120. The summed E-state index contributed by atoms with van der Waals surface area (Å²) in [6.07, 6.45) is -15.0. The predicted molar refractivity (Wildman–Crippen MR) is 56.8 cm³/mol. The van der Waals surface area contributed by atoms with E-state index in [1.54, 1.807) is 0 Å². The molecule has 1 rings (SSSR count). The minimum atomic E-state index is -6.13. The number of hydrogen-bond donors (Lipinski definition) is 0. The Labute approximate surface area is 119 Å². The van der Waals surface area contributed by atoms with E-state index in [1.165, 1.54) is 0 Å². The Hall–Kier alpha value is -1.13. The third-order valence-corrected chi connectivity index (χ3v) is 2.92. The molecule has 0 aliphatic carbocycles. The van der Waals surface area contributed by atoms with Gasteiger partial charge in [-0.1, -0.05) is 0 Å². The van der Waals surface area contributed by atoms with Crippen LogP contribution in [0.4, 0.5) is 39.5 Å². The monoisotopic (exact) mass is 345 g/mol. The van der Waals surface area contributed by atoms with Crippen molar-refractivity contribution in [1.82, 2.24) is 4.90 Å². The van der Waals surface area contributed by atoms with E-state index in [2.05, 4.69) is 4.74 Å². The van der Waals surface area contributed by atoms with Crippen LogP contribution in [0, 0.1) is 0 Å². The average Bonchev–Trinajstić information content (AvgIpc) is 2.24. The van der Waals surface area contributed by atoms with E-state index in [-0.39, 0.29) is 4.90 Å². The van der Waals surface area contributed by atoms with Crippen molar-refractivity contribution in [3.63, 3.8) is 0 Å². The van der Waals surface area contributed by atoms with E-state index in [0.717, 1.165) is 6.92 Å². The standard InChI is InChI=1S/C11H12F9NO/c1-5-3-21(4-7(22-5)10(15,16)17)8(6(2)12)9(13,14)11(18,19)20/h5,7H,3-4H2,1-2H3. The van der Waals surface area contributed by atoms with Gasteiger partial charge in [-0.2, -0.15) is 35.1 Å². The maximum Gasteiger partial charge on any atom is 0.459 e. The van der Waals surface area contributed by atoms with Crippen molar-refractivity contribution in [3.8, 4) is 0 Å². The van der Waals surface area contributed by atoms with Crippen LogP contribution in [0.2, 0.25) is 0 Å². The van der Waals surface area contributed by atoms with E-state index >= 15 is 0 Å². The highest BCUT2D eigenvalue weighted by atomic mass is 19.4. The summed E-state index contributed by atoms with van der Waals surface area (Å²) in [5, 5.41) is 0. The van der Waals surface area contributed by atoms with E-state index in [1.807, 2.05) is 0 Å². The van der Waals surface area contributed by atoms with Crippen LogP contribution < -0.4 is 0 Å². The number of rotatable bonds is 2. The molecule has 2 atom stereocenters. The number of hydrogen-bond acceptors (Lipinski definition) is 2. The van der Waals surface area contributed by atoms with Crippen molar-refractivity contribution in [2.45, 2.75) is 44.3 Å². The second kappa shape index (κ2) is 5.82. The second-order valence-electron chi connectivity index (χ2n) is 4.84. The minimum absolute atomic E-state index is 0.0369. The van der Waals surface area contributed by atoms with Gasteiger partial charge in [0.15, 0.2) is 6.10 Å². The van der Waals surface area contributed by atoms with Gasteiger partial charge in [-0.3, -0.25) is 0 Å². The summed E-state index contributed by atoms with van der Waals surface area (Å²) in [6, 6.07) is 0. The fourth-order valence-corrected chi connectivity index (χ4v) is 2.08. The molecular formula is C11H12F9NO. The SMILES string of the molecule is CC(F)=C(N1CC(C)OC(C(F)(F)F)C1)C(F)(F)C(F)(F)F. The van der Waals surface area contributed by atoms with Gasteiger partial charge in [0.05, 0.1) is 12.6 Å². The van der Waals surface area contributed by atoms with Crippen molar-refractivity contribution in [2.24, 2.45) is 0 Å². The van der Waals surface area contributed by atoms with E-state index in [0.29, 0.717) is 6.92 Å². The van der Waals surface area contributed by atoms with E-state index in [4.69, 9.17) is 0 Å². The summed E-state index contributed by atoms with van der Waals surface area (Å²) in [5.41, 5.74) is -2.12. The lowest BCUT2D eigenvalue weighted by molar-refractivity contribution is -0.281. The Kier molecular flexibility index (Phi) is 5.00. The molecule has 1 saturated heterocycles. The first-order valence-electron chi connectivity index (χ1n) is 5.96. The van der Waals surface area contributed by atoms with Gasteiger partial charge in [0.2, 0.25) is 0 Å². The van der Waals surface area contributed by atoms with Crippen LogP contribution >= 0.6 is 0 Å². The first kappa shape index (κ1) is 18.9. The molecule has 0 radical (unpaired) electrons. The van der Waals surface area contributed by atoms with Gasteiger partial charge in [-0.15, -0.1) is 0 Å². The van der Waals surface area contributed by atoms with Crippen molar-refractivity contribution < 1.29 is 44.3 Å². The topological polar surface area (TPSA) is 12.5 Å². The minimum Gasteiger partial charge on any atom is -0.362 e. The lowest BCUT2D eigenvalue weighted by Crippen LogP contribution is -2.55. The number of allylic oxidation sites excluding steroid dienone is 2. The molecule has 11 heteroatoms. The molecule has 0 aromatic carbocycles. The smallest absolute Gasteiger partial charge is 0.362 e. The van der Waals surface area contributed by atoms with Crippen molar-refractivity contribution >= 4 is 0 Å². The highest BCUT2D eigenvalue weighted by Crippen LogP contribution is 2.45. The quantitative estimate of drug-likeness (QED) is 0.701. The summed E-state index contributed by atoms with van der Waals surface area (Å²) in [5.74, 6) is -7.52. The third kappa shape index (κ3) is 3.79. The number of ether oxygens (including phenoxy) is 1. The summed E-state index contributed by atoms with van der Waals surface area (Å²) in [7, 11) is 0. The first-order valence-corrected chi connectivity index (χ1v) is 5.96. The third-order valence-electron chi connectivity index (χ3n) is 2.92. The van der Waals surface area contributed by atoms with Gasteiger partial charge in [-0.25, -0.2) is 4.39 Å². The molecule has 0 aromatic rings. The molecule has 0 aromatic heterocycles. The maximum absolute atomic E-state index is 13.4. The van der Waals surface area contributed by atoms with Crippen LogP contribution in [0.1, 0.15) is 13.8 Å². The van der Waals surface area contributed by atoms with Gasteiger partial charge < -0.3 is 9.64 Å². The molecule has 2 nitrogen and oxygen atoms in total. The lowest BCUT2D eigenvalue weighted by atomic mass is 10.1. The zero-order valence-corrected chi connectivity index (χ0v) is 11.3. The Balaban J connectivity index is 3.21. The molecule has 1 aliphatic heterocycles. The van der Waals surface area contributed by atoms with Crippen LogP contribution in [0.15, 0.2) is 11.5 Å². The van der Waals surface area contributed by atoms with Crippen LogP contribution in [0.3, 0.4) is 0 Å². The molecule has 0 bridgehead atoms. The molecule has 1 heterocycles. The molecular weight excluding hydrogens is 333 g/mol. The van der Waals surface area contributed by atoms with Crippen LogP contribution in [-0.2, 0) is 4.74 Å². The molecule has 0 spiro atoms. The number of alkyl halides is 8. The second-order valence-corrected chi connectivity index (χ2v) is 4.84. The molecule has 0 amide bonds. The zero-order valence-electron chi connectivity index (χ0n) is 11.3. The molecule has 22 heavy (non-hydrogen) atoms. The van der Waals surface area contributed by atoms with Crippen LogP contribution in [0.25, 0.3) is 0 Å². The van der Waals surface area contributed by atoms with Crippen LogP contribution in [-0.4, -0.2) is 48.5 Å². The van der Waals surface area contributed by atoms with Gasteiger partial charge in [0, 0.05) is 6.54 Å². The Bertz CT molecular complexity index is 436. The number of nitrogens with zero attached hydrogens (tertiary/aromatic N) is 1. The first-order chi connectivity index (χ1) is 9.68. The fourth-order valence-electron chi connectivity index (χ4n) is 2.08. The zero-order chi connectivity index (χ0) is 17.5. The van der Waals surface area contributed by atoms with Crippen molar-refractivity contribution in [2.75, 3.05) is 13.1 Å². The largest absolute Gasteiger partial charge is 0.459 e. The van der Waals surface area contributed by atoms with E-state index < -0.39 is 55.1 Å². The maximum atomic E-state index is 13.4. The van der Waals surface area contributed by atoms with E-state index in [9.17, 15) is 39.5 Å². The van der Waals surface area contributed by atoms with Gasteiger partial charge in [-0.05, 0) is 13.8 Å². The highest BCUT2D eigenvalue weighted by Gasteiger charge is 2.63. The predicted octanol–water partition coefficient (Wildman–Crippen LogP) is 4.04. The molecule has 130 valence electrons. The van der Waals surface area contributed by atoms with Gasteiger partial charge in [0.1, 0.15) is 11.5 Å². The summed E-state index contributed by atoms with van der Waals surface area (Å²) >= 11 is 0. The highest BCUT2D eigenvalue weighted by molar-refractivity contribution is 5.19. The molecule has 0 saturated carbocycles. The van der Waals surface area contributed by atoms with Gasteiger partial charge >= 0.3 is 18.3 Å². The fraction of sp³-hybridized carbons (Fsp3) is 0.818. The molecule has 0 N–H and O–H groups in total. The van der Waals surface area contributed by atoms with Crippen molar-refractivity contribution in [3.05, 3.63) is 11.5 Å². The summed E-state index contributed by atoms with van der Waals surface area (Å²) in [4.78, 5) is 0.0369. The van der Waals surface area contributed by atoms with Crippen LogP contribution in [0.5, 0.6) is 0 Å².